The zero-order valence-corrected chi connectivity index (χ0v) is 8.56. The first-order valence-corrected chi connectivity index (χ1v) is 4.70. The van der Waals surface area contributed by atoms with E-state index in [4.69, 9.17) is 11.5 Å². The molecule has 2 N–H and O–H groups in total. The maximum atomic E-state index is 10.7. The Hall–Kier alpha value is -2.28. The summed E-state index contributed by atoms with van der Waals surface area (Å²) in [5.41, 5.74) is 1.08. The van der Waals surface area contributed by atoms with Crippen molar-refractivity contribution in [3.63, 3.8) is 0 Å². The van der Waals surface area contributed by atoms with Crippen molar-refractivity contribution in [2.75, 3.05) is 6.54 Å². The van der Waals surface area contributed by atoms with Crippen LogP contribution in [0.25, 0.3) is 0 Å². The minimum Gasteiger partial charge on any atom is -0.478 e. The molecule has 0 saturated heterocycles. The number of carbonyl (C=O) groups excluding carboxylic acids is 1. The Morgan fingerprint density at radius 1 is 1.44 bits per heavy atom. The number of aromatic carboxylic acids is 1. The minimum atomic E-state index is -0.963. The monoisotopic (exact) mass is 217 g/mol. The molecular formula is C12H11NO3. The molecule has 0 fully saturated rings. The van der Waals surface area contributed by atoms with Crippen molar-refractivity contribution in [2.24, 2.45) is 0 Å². The lowest BCUT2D eigenvalue weighted by atomic mass is 10.1. The zero-order valence-electron chi connectivity index (χ0n) is 8.56. The Morgan fingerprint density at radius 3 is 2.81 bits per heavy atom. The molecule has 0 saturated carbocycles. The number of amides is 1. The Labute approximate surface area is 93.3 Å². The first-order chi connectivity index (χ1) is 7.63. The fourth-order valence-electron chi connectivity index (χ4n) is 1.23. The highest BCUT2D eigenvalue weighted by Crippen LogP contribution is 2.05. The van der Waals surface area contributed by atoms with Crippen LogP contribution in [0.1, 0.15) is 15.9 Å². The molecule has 0 bridgehead atoms. The molecule has 1 amide bonds. The van der Waals surface area contributed by atoms with Crippen molar-refractivity contribution in [3.05, 3.63) is 35.4 Å². The first kappa shape index (κ1) is 11.8. The normalized spacial score (nSPS) is 9.19. The van der Waals surface area contributed by atoms with E-state index >= 15 is 0 Å². The molecule has 4 heteroatoms. The predicted molar refractivity (Wildman–Crippen MR) is 58.9 cm³/mol. The van der Waals surface area contributed by atoms with Crippen LogP contribution in [0.3, 0.4) is 0 Å². The smallest absolute Gasteiger partial charge is 0.335 e. The topological polar surface area (TPSA) is 66.4 Å². The number of rotatable bonds is 4. The lowest BCUT2D eigenvalue weighted by molar-refractivity contribution is -0.115. The van der Waals surface area contributed by atoms with Gasteiger partial charge in [0.2, 0.25) is 0 Å². The Bertz CT molecular complexity index is 446. The summed E-state index contributed by atoms with van der Waals surface area (Å²) in [6.07, 6.45) is 5.43. The third kappa shape index (κ3) is 3.46. The van der Waals surface area contributed by atoms with Crippen molar-refractivity contribution in [3.8, 4) is 12.3 Å². The number of carboxylic acids is 1. The molecule has 1 aromatic carbocycles. The summed E-state index contributed by atoms with van der Waals surface area (Å²) < 4.78 is 0. The first-order valence-electron chi connectivity index (χ1n) is 4.70. The molecule has 0 aromatic heterocycles. The summed E-state index contributed by atoms with van der Waals surface area (Å²) in [6.45, 7) is 0.395. The molecule has 4 nitrogen and oxygen atoms in total. The quantitative estimate of drug-likeness (QED) is 0.729. The van der Waals surface area contributed by atoms with Gasteiger partial charge in [0.05, 0.1) is 5.56 Å². The number of terminal acetylenes is 1. The van der Waals surface area contributed by atoms with E-state index in [1.54, 1.807) is 18.2 Å². The van der Waals surface area contributed by atoms with Crippen molar-refractivity contribution in [1.29, 1.82) is 0 Å². The fourth-order valence-corrected chi connectivity index (χ4v) is 1.23. The van der Waals surface area contributed by atoms with Gasteiger partial charge in [0.25, 0.3) is 5.91 Å². The van der Waals surface area contributed by atoms with Gasteiger partial charge in [0.15, 0.2) is 0 Å². The van der Waals surface area contributed by atoms with Crippen molar-refractivity contribution >= 4 is 11.9 Å². The Balaban J connectivity index is 2.55. The molecule has 0 heterocycles. The van der Waals surface area contributed by atoms with E-state index in [0.717, 1.165) is 5.56 Å². The second kappa shape index (κ2) is 5.56. The van der Waals surface area contributed by atoms with Gasteiger partial charge in [-0.05, 0) is 30.0 Å². The second-order valence-electron chi connectivity index (χ2n) is 3.16. The van der Waals surface area contributed by atoms with Crippen molar-refractivity contribution in [2.45, 2.75) is 6.42 Å². The summed E-state index contributed by atoms with van der Waals surface area (Å²) in [5.74, 6) is 0.510. The van der Waals surface area contributed by atoms with Crippen LogP contribution in [0.15, 0.2) is 24.3 Å². The van der Waals surface area contributed by atoms with Gasteiger partial charge in [-0.15, -0.1) is 6.42 Å². The van der Waals surface area contributed by atoms with E-state index in [2.05, 4.69) is 5.32 Å². The van der Waals surface area contributed by atoms with Gasteiger partial charge in [-0.1, -0.05) is 12.1 Å². The van der Waals surface area contributed by atoms with Crippen LogP contribution >= 0.6 is 0 Å². The van der Waals surface area contributed by atoms with Gasteiger partial charge in [0, 0.05) is 6.54 Å². The lowest BCUT2D eigenvalue weighted by Crippen LogP contribution is -2.23. The van der Waals surface area contributed by atoms with Crippen LogP contribution in [-0.4, -0.2) is 23.5 Å². The highest BCUT2D eigenvalue weighted by molar-refractivity contribution is 5.92. The standard InChI is InChI=1S/C12H11NO3/c1-2-11(14)13-7-6-9-4-3-5-10(8-9)12(15)16/h1,3-5,8H,6-7H2,(H,13,14)(H,15,16). The molecule has 0 aliphatic heterocycles. The van der Waals surface area contributed by atoms with Crippen molar-refractivity contribution < 1.29 is 14.7 Å². The van der Waals surface area contributed by atoms with E-state index in [1.807, 2.05) is 5.92 Å². The zero-order chi connectivity index (χ0) is 12.0. The van der Waals surface area contributed by atoms with E-state index in [0.29, 0.717) is 13.0 Å². The maximum Gasteiger partial charge on any atom is 0.335 e. The van der Waals surface area contributed by atoms with Crippen molar-refractivity contribution in [1.82, 2.24) is 5.32 Å². The van der Waals surface area contributed by atoms with Gasteiger partial charge in [-0.3, -0.25) is 4.79 Å². The van der Waals surface area contributed by atoms with Gasteiger partial charge >= 0.3 is 5.97 Å². The molecule has 0 aliphatic carbocycles. The van der Waals surface area contributed by atoms with Crippen LogP contribution < -0.4 is 5.32 Å². The lowest BCUT2D eigenvalue weighted by Gasteiger charge is -2.03. The molecule has 0 aliphatic rings. The van der Waals surface area contributed by atoms with Gasteiger partial charge in [-0.2, -0.15) is 0 Å². The number of hydrogen-bond acceptors (Lipinski definition) is 2. The Kier molecular flexibility index (Phi) is 4.10. The number of carbonyl (C=O) groups is 2. The summed E-state index contributed by atoms with van der Waals surface area (Å²) in [6, 6.07) is 6.56. The van der Waals surface area contributed by atoms with Crippen LogP contribution in [0, 0.1) is 12.3 Å². The van der Waals surface area contributed by atoms with E-state index in [9.17, 15) is 9.59 Å². The molecule has 1 rings (SSSR count). The third-order valence-corrected chi connectivity index (χ3v) is 2.00. The highest BCUT2D eigenvalue weighted by Gasteiger charge is 2.03. The molecule has 0 radical (unpaired) electrons. The van der Waals surface area contributed by atoms with Crippen LogP contribution in [-0.2, 0) is 11.2 Å². The molecule has 16 heavy (non-hydrogen) atoms. The van der Waals surface area contributed by atoms with Crippen LogP contribution in [0.4, 0.5) is 0 Å². The highest BCUT2D eigenvalue weighted by atomic mass is 16.4. The summed E-state index contributed by atoms with van der Waals surface area (Å²) in [5, 5.41) is 11.3. The van der Waals surface area contributed by atoms with E-state index in [-0.39, 0.29) is 5.56 Å². The van der Waals surface area contributed by atoms with Gasteiger partial charge in [0.1, 0.15) is 0 Å². The molecule has 0 atom stereocenters. The number of benzene rings is 1. The van der Waals surface area contributed by atoms with E-state index < -0.39 is 11.9 Å². The number of carboxylic acid groups (broad SMARTS) is 1. The van der Waals surface area contributed by atoms with Crippen LogP contribution in [0.2, 0.25) is 0 Å². The van der Waals surface area contributed by atoms with Crippen LogP contribution in [0.5, 0.6) is 0 Å². The average Bonchev–Trinajstić information content (AvgIpc) is 2.29. The minimum absolute atomic E-state index is 0.237. The Morgan fingerprint density at radius 2 is 2.19 bits per heavy atom. The number of nitrogens with one attached hydrogen (secondary N) is 1. The van der Waals surface area contributed by atoms with Gasteiger partial charge in [-0.25, -0.2) is 4.79 Å². The largest absolute Gasteiger partial charge is 0.478 e. The molecular weight excluding hydrogens is 206 g/mol. The summed E-state index contributed by atoms with van der Waals surface area (Å²) in [4.78, 5) is 21.4. The third-order valence-electron chi connectivity index (χ3n) is 2.00. The summed E-state index contributed by atoms with van der Waals surface area (Å²) >= 11 is 0. The molecule has 82 valence electrons. The second-order valence-corrected chi connectivity index (χ2v) is 3.16. The van der Waals surface area contributed by atoms with Gasteiger partial charge < -0.3 is 10.4 Å². The summed E-state index contributed by atoms with van der Waals surface area (Å²) in [7, 11) is 0. The maximum absolute atomic E-state index is 10.7. The molecule has 0 unspecified atom stereocenters. The predicted octanol–water partition coefficient (Wildman–Crippen LogP) is 0.677. The molecule has 0 spiro atoms. The van der Waals surface area contributed by atoms with E-state index in [1.165, 1.54) is 6.07 Å². The average molecular weight is 217 g/mol. The number of hydrogen-bond donors (Lipinski definition) is 2. The fraction of sp³-hybridized carbons (Fsp3) is 0.167. The SMILES string of the molecule is C#CC(=O)NCCc1cccc(C(=O)O)c1. The molecule has 1 aromatic rings.